The Hall–Kier alpha value is -1.41. The number of hydrogen-bond donors (Lipinski definition) is 1. The zero-order valence-corrected chi connectivity index (χ0v) is 10.5. The van der Waals surface area contributed by atoms with Crippen molar-refractivity contribution in [2.24, 2.45) is 0 Å². The van der Waals surface area contributed by atoms with Crippen LogP contribution in [-0.2, 0) is 21.2 Å². The fourth-order valence-electron chi connectivity index (χ4n) is 2.09. The molecule has 1 aromatic heterocycles. The van der Waals surface area contributed by atoms with E-state index in [1.54, 1.807) is 4.90 Å². The second kappa shape index (κ2) is 5.07. The van der Waals surface area contributed by atoms with Crippen LogP contribution in [0.5, 0.6) is 0 Å². The Morgan fingerprint density at radius 1 is 1.61 bits per heavy atom. The highest BCUT2D eigenvalue weighted by molar-refractivity contribution is 7.91. The number of hydrogen-bond acceptors (Lipinski definition) is 6. The van der Waals surface area contributed by atoms with Gasteiger partial charge in [0.15, 0.2) is 9.84 Å². The van der Waals surface area contributed by atoms with E-state index in [0.717, 1.165) is 5.56 Å². The first-order valence-electron chi connectivity index (χ1n) is 5.51. The second-order valence-electron chi connectivity index (χ2n) is 4.39. The van der Waals surface area contributed by atoms with Crippen LogP contribution in [0.3, 0.4) is 0 Å². The fraction of sp³-hybridized carbons (Fsp3) is 0.600. The maximum absolute atomic E-state index is 11.4. The minimum absolute atomic E-state index is 0.0194. The van der Waals surface area contributed by atoms with Crippen molar-refractivity contribution >= 4 is 15.8 Å². The topological polar surface area (TPSA) is 101 Å². The predicted octanol–water partition coefficient (Wildman–Crippen LogP) is -0.252. The van der Waals surface area contributed by atoms with Gasteiger partial charge in [-0.2, -0.15) is 0 Å². The lowest BCUT2D eigenvalue weighted by atomic mass is 10.2. The highest BCUT2D eigenvalue weighted by Gasteiger charge is 2.33. The highest BCUT2D eigenvalue weighted by Crippen LogP contribution is 2.19. The molecule has 100 valence electrons. The monoisotopic (exact) mass is 274 g/mol. The van der Waals surface area contributed by atoms with Crippen molar-refractivity contribution in [3.63, 3.8) is 0 Å². The van der Waals surface area contributed by atoms with E-state index in [1.807, 2.05) is 0 Å². The average molecular weight is 274 g/mol. The van der Waals surface area contributed by atoms with Gasteiger partial charge in [0.25, 0.3) is 0 Å². The third kappa shape index (κ3) is 3.30. The molecule has 1 unspecified atom stereocenters. The van der Waals surface area contributed by atoms with Gasteiger partial charge < -0.3 is 9.63 Å². The molecular weight excluding hydrogens is 260 g/mol. The minimum Gasteiger partial charge on any atom is -0.480 e. The van der Waals surface area contributed by atoms with E-state index in [2.05, 4.69) is 9.68 Å². The molecule has 1 aliphatic rings. The van der Waals surface area contributed by atoms with Gasteiger partial charge in [-0.1, -0.05) is 5.16 Å². The van der Waals surface area contributed by atoms with E-state index in [9.17, 15) is 13.2 Å². The Labute approximate surface area is 104 Å². The largest absolute Gasteiger partial charge is 0.480 e. The van der Waals surface area contributed by atoms with E-state index in [-0.39, 0.29) is 24.1 Å². The summed E-state index contributed by atoms with van der Waals surface area (Å²) in [6.07, 6.45) is 3.40. The molecule has 1 saturated heterocycles. The molecule has 0 radical (unpaired) electrons. The first-order chi connectivity index (χ1) is 8.46. The zero-order chi connectivity index (χ0) is 13.2. The first-order valence-corrected chi connectivity index (χ1v) is 7.33. The summed E-state index contributed by atoms with van der Waals surface area (Å²) >= 11 is 0. The molecule has 2 heterocycles. The molecule has 1 aliphatic heterocycles. The van der Waals surface area contributed by atoms with Crippen LogP contribution >= 0.6 is 0 Å². The molecule has 18 heavy (non-hydrogen) atoms. The van der Waals surface area contributed by atoms with Gasteiger partial charge in [0.05, 0.1) is 24.2 Å². The number of carbonyl (C=O) groups is 1. The maximum Gasteiger partial charge on any atom is 0.317 e. The Bertz CT molecular complexity index is 510. The van der Waals surface area contributed by atoms with Crippen LogP contribution in [0, 0.1) is 0 Å². The SMILES string of the molecule is O=C(O)CN(Cc1cnoc1)C1CCS(=O)(=O)C1. The van der Waals surface area contributed by atoms with Crippen LogP contribution in [-0.4, -0.2) is 53.6 Å². The Morgan fingerprint density at radius 2 is 2.39 bits per heavy atom. The van der Waals surface area contributed by atoms with Crippen LogP contribution in [0.4, 0.5) is 0 Å². The van der Waals surface area contributed by atoms with Crippen LogP contribution in [0.1, 0.15) is 12.0 Å². The van der Waals surface area contributed by atoms with Gasteiger partial charge in [-0.05, 0) is 6.42 Å². The molecule has 8 heteroatoms. The third-order valence-corrected chi connectivity index (χ3v) is 4.68. The lowest BCUT2D eigenvalue weighted by Gasteiger charge is -2.25. The summed E-state index contributed by atoms with van der Waals surface area (Å²) in [5.41, 5.74) is 0.737. The maximum atomic E-state index is 11.4. The molecule has 7 nitrogen and oxygen atoms in total. The van der Waals surface area contributed by atoms with Gasteiger partial charge in [0.2, 0.25) is 0 Å². The number of aliphatic carboxylic acids is 1. The molecule has 1 N–H and O–H groups in total. The summed E-state index contributed by atoms with van der Waals surface area (Å²) in [5.74, 6) is -0.834. The number of nitrogens with zero attached hydrogens (tertiary/aromatic N) is 2. The number of carboxylic acid groups (broad SMARTS) is 1. The van der Waals surface area contributed by atoms with Gasteiger partial charge in [0, 0.05) is 18.2 Å². The van der Waals surface area contributed by atoms with Gasteiger partial charge in [-0.3, -0.25) is 9.69 Å². The van der Waals surface area contributed by atoms with Crippen molar-refractivity contribution < 1.29 is 22.8 Å². The summed E-state index contributed by atoms with van der Waals surface area (Å²) in [4.78, 5) is 12.5. The highest BCUT2D eigenvalue weighted by atomic mass is 32.2. The van der Waals surface area contributed by atoms with E-state index in [4.69, 9.17) is 5.11 Å². The van der Waals surface area contributed by atoms with Gasteiger partial charge >= 0.3 is 5.97 Å². The van der Waals surface area contributed by atoms with Crippen molar-refractivity contribution in [3.8, 4) is 0 Å². The number of sulfone groups is 1. The second-order valence-corrected chi connectivity index (χ2v) is 6.62. The van der Waals surface area contributed by atoms with Crippen LogP contribution in [0.2, 0.25) is 0 Å². The summed E-state index contributed by atoms with van der Waals surface area (Å²) in [7, 11) is -3.03. The first kappa shape index (κ1) is 13.0. The molecule has 0 saturated carbocycles. The van der Waals surface area contributed by atoms with E-state index in [1.165, 1.54) is 12.5 Å². The fourth-order valence-corrected chi connectivity index (χ4v) is 3.85. The molecule has 0 spiro atoms. The number of rotatable bonds is 5. The number of carboxylic acids is 1. The van der Waals surface area contributed by atoms with Crippen molar-refractivity contribution in [1.82, 2.24) is 10.1 Å². The number of aromatic nitrogens is 1. The van der Waals surface area contributed by atoms with Crippen molar-refractivity contribution in [2.75, 3.05) is 18.1 Å². The molecule has 1 aromatic rings. The van der Waals surface area contributed by atoms with E-state index >= 15 is 0 Å². The summed E-state index contributed by atoms with van der Waals surface area (Å²) in [6, 6.07) is -0.249. The standard InChI is InChI=1S/C10H14N2O5S/c13-10(14)5-12(4-8-3-11-17-6-8)9-1-2-18(15,16)7-9/h3,6,9H,1-2,4-5,7H2,(H,13,14). The zero-order valence-electron chi connectivity index (χ0n) is 9.65. The molecule has 1 fully saturated rings. The van der Waals surface area contributed by atoms with Crippen molar-refractivity contribution in [3.05, 3.63) is 18.0 Å². The van der Waals surface area contributed by atoms with Gasteiger partial charge in [-0.15, -0.1) is 0 Å². The van der Waals surface area contributed by atoms with Gasteiger partial charge in [-0.25, -0.2) is 8.42 Å². The van der Waals surface area contributed by atoms with Crippen LogP contribution < -0.4 is 0 Å². The molecule has 1 atom stereocenters. The van der Waals surface area contributed by atoms with Crippen LogP contribution in [0.25, 0.3) is 0 Å². The summed E-state index contributed by atoms with van der Waals surface area (Å²) < 4.78 is 27.5. The quantitative estimate of drug-likeness (QED) is 0.790. The van der Waals surface area contributed by atoms with Crippen LogP contribution in [0.15, 0.2) is 17.0 Å². The molecular formula is C10H14N2O5S. The molecule has 0 amide bonds. The summed E-state index contributed by atoms with van der Waals surface area (Å²) in [6.45, 7) is 0.140. The average Bonchev–Trinajstić information content (AvgIpc) is 2.86. The van der Waals surface area contributed by atoms with E-state index in [0.29, 0.717) is 13.0 Å². The van der Waals surface area contributed by atoms with Gasteiger partial charge in [0.1, 0.15) is 6.26 Å². The lowest BCUT2D eigenvalue weighted by molar-refractivity contribution is -0.139. The van der Waals surface area contributed by atoms with Crippen molar-refractivity contribution in [2.45, 2.75) is 19.0 Å². The summed E-state index contributed by atoms with van der Waals surface area (Å²) in [5, 5.41) is 12.4. The Kier molecular flexibility index (Phi) is 3.67. The molecule has 0 aromatic carbocycles. The lowest BCUT2D eigenvalue weighted by Crippen LogP contribution is -2.39. The van der Waals surface area contributed by atoms with Crippen molar-refractivity contribution in [1.29, 1.82) is 0 Å². The third-order valence-electron chi connectivity index (χ3n) is 2.93. The normalized spacial score (nSPS) is 22.4. The minimum atomic E-state index is -3.03. The molecule has 0 bridgehead atoms. The van der Waals surface area contributed by atoms with E-state index < -0.39 is 15.8 Å². The molecule has 0 aliphatic carbocycles. The smallest absolute Gasteiger partial charge is 0.317 e. The Balaban J connectivity index is 2.08. The predicted molar refractivity (Wildman–Crippen MR) is 61.6 cm³/mol. The Morgan fingerprint density at radius 3 is 2.89 bits per heavy atom. The molecule has 2 rings (SSSR count).